The van der Waals surface area contributed by atoms with Crippen molar-refractivity contribution < 1.29 is 9.59 Å². The third-order valence-corrected chi connectivity index (χ3v) is 4.78. The molecule has 1 saturated heterocycles. The van der Waals surface area contributed by atoms with Gasteiger partial charge in [0.1, 0.15) is 6.04 Å². The van der Waals surface area contributed by atoms with Crippen molar-refractivity contribution in [1.29, 1.82) is 0 Å². The van der Waals surface area contributed by atoms with Crippen LogP contribution in [0.5, 0.6) is 0 Å². The summed E-state index contributed by atoms with van der Waals surface area (Å²) in [5.74, 6) is -0.226. The van der Waals surface area contributed by atoms with Crippen LogP contribution in [0, 0.1) is 0 Å². The van der Waals surface area contributed by atoms with Crippen molar-refractivity contribution in [1.82, 2.24) is 19.8 Å². The fourth-order valence-corrected chi connectivity index (χ4v) is 3.35. The molecule has 0 radical (unpaired) electrons. The van der Waals surface area contributed by atoms with E-state index < -0.39 is 6.04 Å². The molecule has 1 aromatic heterocycles. The Morgan fingerprint density at radius 2 is 1.89 bits per heavy atom. The zero-order chi connectivity index (χ0) is 18.6. The molecule has 1 N–H and O–H groups in total. The van der Waals surface area contributed by atoms with Crippen LogP contribution in [0.1, 0.15) is 15.9 Å². The monoisotopic (exact) mass is 360 g/mol. The predicted octanol–water partition coefficient (Wildman–Crippen LogP) is 2.06. The lowest BCUT2D eigenvalue weighted by atomic mass is 10.0. The van der Waals surface area contributed by atoms with Gasteiger partial charge in [-0.05, 0) is 29.8 Å². The topological polar surface area (TPSA) is 67.2 Å². The number of piperazine rings is 1. The Morgan fingerprint density at radius 3 is 2.59 bits per heavy atom. The van der Waals surface area contributed by atoms with Crippen LogP contribution in [0.25, 0.3) is 5.69 Å². The first-order valence-corrected chi connectivity index (χ1v) is 8.93. The Labute approximate surface area is 157 Å². The van der Waals surface area contributed by atoms with Crippen LogP contribution < -0.4 is 5.32 Å². The van der Waals surface area contributed by atoms with Crippen LogP contribution >= 0.6 is 0 Å². The molecular formula is C21H20N4O2. The van der Waals surface area contributed by atoms with Crippen LogP contribution in [0.4, 0.5) is 0 Å². The number of nitrogens with zero attached hydrogens (tertiary/aromatic N) is 3. The number of carbonyl (C=O) groups is 2. The second-order valence-corrected chi connectivity index (χ2v) is 6.51. The maximum Gasteiger partial charge on any atom is 0.254 e. The molecule has 2 aromatic carbocycles. The number of carbonyl (C=O) groups excluding carboxylic acids is 2. The number of benzene rings is 2. The number of imidazole rings is 1. The summed E-state index contributed by atoms with van der Waals surface area (Å²) in [5, 5.41) is 2.87. The van der Waals surface area contributed by atoms with Gasteiger partial charge in [-0.1, -0.05) is 30.3 Å². The van der Waals surface area contributed by atoms with Crippen LogP contribution in [0.2, 0.25) is 0 Å². The SMILES string of the molecule is O=C1NCCN(C(=O)c2ccc(-n3ccnc3)cc2)[C@H]1Cc1ccccc1. The van der Waals surface area contributed by atoms with Gasteiger partial charge in [0.2, 0.25) is 5.91 Å². The standard InChI is InChI=1S/C21H20N4O2/c26-20-19(14-16-4-2-1-3-5-16)25(13-11-23-20)21(27)17-6-8-18(9-7-17)24-12-10-22-15-24/h1-10,12,15,19H,11,13-14H2,(H,23,26)/t19-/m0/s1. The Morgan fingerprint density at radius 1 is 1.11 bits per heavy atom. The van der Waals surface area contributed by atoms with Gasteiger partial charge in [0, 0.05) is 43.2 Å². The molecule has 1 atom stereocenters. The summed E-state index contributed by atoms with van der Waals surface area (Å²) in [5.41, 5.74) is 2.54. The number of hydrogen-bond acceptors (Lipinski definition) is 3. The van der Waals surface area contributed by atoms with Crippen molar-refractivity contribution in [2.24, 2.45) is 0 Å². The molecule has 136 valence electrons. The van der Waals surface area contributed by atoms with Crippen molar-refractivity contribution >= 4 is 11.8 Å². The van der Waals surface area contributed by atoms with Gasteiger partial charge in [-0.3, -0.25) is 9.59 Å². The summed E-state index contributed by atoms with van der Waals surface area (Å²) in [6.45, 7) is 0.980. The molecule has 27 heavy (non-hydrogen) atoms. The number of aromatic nitrogens is 2. The predicted molar refractivity (Wildman–Crippen MR) is 102 cm³/mol. The summed E-state index contributed by atoms with van der Waals surface area (Å²) >= 11 is 0. The highest BCUT2D eigenvalue weighted by molar-refractivity contribution is 5.98. The average molecular weight is 360 g/mol. The van der Waals surface area contributed by atoms with Crippen LogP contribution in [0.15, 0.2) is 73.3 Å². The second-order valence-electron chi connectivity index (χ2n) is 6.51. The average Bonchev–Trinajstić information content (AvgIpc) is 3.25. The molecule has 0 spiro atoms. The molecule has 6 heteroatoms. The van der Waals surface area contributed by atoms with E-state index in [0.29, 0.717) is 25.1 Å². The Bertz CT molecular complexity index is 921. The molecule has 0 unspecified atom stereocenters. The van der Waals surface area contributed by atoms with E-state index in [1.807, 2.05) is 53.2 Å². The van der Waals surface area contributed by atoms with Gasteiger partial charge in [-0.25, -0.2) is 4.98 Å². The van der Waals surface area contributed by atoms with Gasteiger partial charge in [-0.15, -0.1) is 0 Å². The van der Waals surface area contributed by atoms with Gasteiger partial charge < -0.3 is 14.8 Å². The Hall–Kier alpha value is -3.41. The van der Waals surface area contributed by atoms with Crippen LogP contribution in [-0.4, -0.2) is 45.4 Å². The third kappa shape index (κ3) is 3.60. The summed E-state index contributed by atoms with van der Waals surface area (Å²) in [7, 11) is 0. The Kier molecular flexibility index (Phi) is 4.70. The van der Waals surface area contributed by atoms with Crippen molar-refractivity contribution in [3.05, 3.63) is 84.4 Å². The molecule has 6 nitrogen and oxygen atoms in total. The van der Waals surface area contributed by atoms with E-state index in [4.69, 9.17) is 0 Å². The minimum absolute atomic E-state index is 0.103. The summed E-state index contributed by atoms with van der Waals surface area (Å²) < 4.78 is 1.88. The fourth-order valence-electron chi connectivity index (χ4n) is 3.35. The van der Waals surface area contributed by atoms with E-state index in [0.717, 1.165) is 11.3 Å². The molecule has 1 aliphatic heterocycles. The van der Waals surface area contributed by atoms with Gasteiger partial charge in [-0.2, -0.15) is 0 Å². The first-order chi connectivity index (χ1) is 13.2. The molecule has 0 aliphatic carbocycles. The highest BCUT2D eigenvalue weighted by atomic mass is 16.2. The van der Waals surface area contributed by atoms with E-state index in [1.54, 1.807) is 29.6 Å². The molecule has 0 bridgehead atoms. The number of rotatable bonds is 4. The van der Waals surface area contributed by atoms with E-state index >= 15 is 0 Å². The summed E-state index contributed by atoms with van der Waals surface area (Å²) in [4.78, 5) is 31.2. The van der Waals surface area contributed by atoms with Gasteiger partial charge in [0.25, 0.3) is 5.91 Å². The first kappa shape index (κ1) is 17.0. The number of amides is 2. The summed E-state index contributed by atoms with van der Waals surface area (Å²) in [6, 6.07) is 16.6. The van der Waals surface area contributed by atoms with E-state index in [-0.39, 0.29) is 11.8 Å². The van der Waals surface area contributed by atoms with E-state index in [2.05, 4.69) is 10.3 Å². The van der Waals surface area contributed by atoms with Crippen molar-refractivity contribution in [3.8, 4) is 5.69 Å². The Balaban J connectivity index is 1.55. The van der Waals surface area contributed by atoms with Crippen LogP contribution in [0.3, 0.4) is 0 Å². The normalized spacial score (nSPS) is 16.8. The zero-order valence-electron chi connectivity index (χ0n) is 14.8. The maximum atomic E-state index is 13.1. The molecule has 1 aliphatic rings. The van der Waals surface area contributed by atoms with E-state index in [9.17, 15) is 9.59 Å². The largest absolute Gasteiger partial charge is 0.353 e. The lowest BCUT2D eigenvalue weighted by Crippen LogP contribution is -2.58. The van der Waals surface area contributed by atoms with Gasteiger partial charge in [0.15, 0.2) is 0 Å². The maximum absolute atomic E-state index is 13.1. The minimum atomic E-state index is -0.498. The lowest BCUT2D eigenvalue weighted by molar-refractivity contribution is -0.127. The van der Waals surface area contributed by atoms with Crippen LogP contribution in [-0.2, 0) is 11.2 Å². The highest BCUT2D eigenvalue weighted by Crippen LogP contribution is 2.17. The van der Waals surface area contributed by atoms with Gasteiger partial charge >= 0.3 is 0 Å². The number of hydrogen-bond donors (Lipinski definition) is 1. The quantitative estimate of drug-likeness (QED) is 0.774. The second kappa shape index (κ2) is 7.45. The molecule has 4 rings (SSSR count). The summed E-state index contributed by atoms with van der Waals surface area (Å²) in [6.07, 6.45) is 5.77. The smallest absolute Gasteiger partial charge is 0.254 e. The molecule has 1 fully saturated rings. The lowest BCUT2D eigenvalue weighted by Gasteiger charge is -2.35. The minimum Gasteiger partial charge on any atom is -0.353 e. The fraction of sp³-hybridized carbons (Fsp3) is 0.190. The van der Waals surface area contributed by atoms with Crippen molar-refractivity contribution in [3.63, 3.8) is 0 Å². The molecule has 2 amide bonds. The highest BCUT2D eigenvalue weighted by Gasteiger charge is 2.33. The third-order valence-electron chi connectivity index (χ3n) is 4.78. The van der Waals surface area contributed by atoms with Crippen molar-refractivity contribution in [2.45, 2.75) is 12.5 Å². The molecular weight excluding hydrogens is 340 g/mol. The zero-order valence-corrected chi connectivity index (χ0v) is 14.8. The molecule has 2 heterocycles. The van der Waals surface area contributed by atoms with Gasteiger partial charge in [0.05, 0.1) is 6.33 Å². The molecule has 3 aromatic rings. The molecule has 0 saturated carbocycles. The first-order valence-electron chi connectivity index (χ1n) is 8.93. The van der Waals surface area contributed by atoms with Crippen molar-refractivity contribution in [2.75, 3.05) is 13.1 Å². The number of nitrogens with one attached hydrogen (secondary N) is 1. The van der Waals surface area contributed by atoms with E-state index in [1.165, 1.54) is 0 Å².